The summed E-state index contributed by atoms with van der Waals surface area (Å²) >= 11 is 6.43. The zero-order valence-electron chi connectivity index (χ0n) is 21.1. The molecule has 0 spiro atoms. The lowest BCUT2D eigenvalue weighted by Gasteiger charge is -2.30. The van der Waals surface area contributed by atoms with Crippen molar-refractivity contribution >= 4 is 34.0 Å². The summed E-state index contributed by atoms with van der Waals surface area (Å²) in [7, 11) is 0. The highest BCUT2D eigenvalue weighted by Gasteiger charge is 2.47. The summed E-state index contributed by atoms with van der Waals surface area (Å²) < 4.78 is 46.3. The summed E-state index contributed by atoms with van der Waals surface area (Å²) in [6.45, 7) is 7.54. The van der Waals surface area contributed by atoms with Crippen LogP contribution in [0.3, 0.4) is 0 Å². The molecule has 1 atom stereocenters. The van der Waals surface area contributed by atoms with Gasteiger partial charge < -0.3 is 30.4 Å². The van der Waals surface area contributed by atoms with Crippen molar-refractivity contribution in [3.05, 3.63) is 52.3 Å². The number of hydrogen-bond acceptors (Lipinski definition) is 8. The third-order valence-electron chi connectivity index (χ3n) is 6.12. The van der Waals surface area contributed by atoms with Crippen molar-refractivity contribution in [3.8, 4) is 5.75 Å². The highest BCUT2D eigenvalue weighted by molar-refractivity contribution is 6.32. The normalized spacial score (nSPS) is 15.5. The van der Waals surface area contributed by atoms with Crippen LogP contribution in [0.2, 0.25) is 5.02 Å². The lowest BCUT2D eigenvalue weighted by molar-refractivity contribution is -0.168. The molecule has 1 aromatic heterocycles. The first-order valence-corrected chi connectivity index (χ1v) is 12.3. The molecule has 0 unspecified atom stereocenters. The maximum atomic E-state index is 14.9. The molecule has 11 heteroatoms. The second-order valence-electron chi connectivity index (χ2n) is 9.69. The molecular formula is C26H31ClF2N4O4. The molecule has 0 amide bonds. The summed E-state index contributed by atoms with van der Waals surface area (Å²) in [6.07, 6.45) is 0.0975. The van der Waals surface area contributed by atoms with Gasteiger partial charge in [0.25, 0.3) is 0 Å². The van der Waals surface area contributed by atoms with E-state index in [0.29, 0.717) is 65.3 Å². The highest BCUT2D eigenvalue weighted by Crippen LogP contribution is 2.41. The number of nitrogens with zero attached hydrogens (tertiary/aromatic N) is 2. The maximum Gasteiger partial charge on any atom is 0.300 e. The Morgan fingerprint density at radius 3 is 2.57 bits per heavy atom. The molecule has 2 aromatic carbocycles. The van der Waals surface area contributed by atoms with Crippen LogP contribution in [0, 0.1) is 6.92 Å². The van der Waals surface area contributed by atoms with Crippen molar-refractivity contribution in [2.45, 2.75) is 51.4 Å². The van der Waals surface area contributed by atoms with Crippen molar-refractivity contribution in [2.24, 2.45) is 0 Å². The second-order valence-corrected chi connectivity index (χ2v) is 10.1. The number of ether oxygens (including phenoxy) is 3. The quantitative estimate of drug-likeness (QED) is 0.245. The molecule has 0 radical (unpaired) electrons. The Bertz CT molecular complexity index is 1280. The smallest absolute Gasteiger partial charge is 0.300 e. The van der Waals surface area contributed by atoms with Gasteiger partial charge in [0.2, 0.25) is 0 Å². The molecular weight excluding hydrogens is 506 g/mol. The molecule has 1 aliphatic rings. The van der Waals surface area contributed by atoms with E-state index in [1.807, 2.05) is 0 Å². The van der Waals surface area contributed by atoms with Gasteiger partial charge in [-0.05, 0) is 63.6 Å². The minimum Gasteiger partial charge on any atom is -0.490 e. The fourth-order valence-corrected chi connectivity index (χ4v) is 4.11. The zero-order valence-corrected chi connectivity index (χ0v) is 21.9. The van der Waals surface area contributed by atoms with Gasteiger partial charge in [0.05, 0.1) is 36.4 Å². The molecule has 1 saturated heterocycles. The van der Waals surface area contributed by atoms with Gasteiger partial charge in [-0.25, -0.2) is 9.97 Å². The van der Waals surface area contributed by atoms with Crippen LogP contribution in [0.5, 0.6) is 5.75 Å². The monoisotopic (exact) mass is 536 g/mol. The predicted molar refractivity (Wildman–Crippen MR) is 138 cm³/mol. The van der Waals surface area contributed by atoms with Crippen molar-refractivity contribution in [2.75, 3.05) is 37.5 Å². The Hall–Kier alpha value is -2.79. The second kappa shape index (κ2) is 10.5. The average molecular weight is 537 g/mol. The van der Waals surface area contributed by atoms with Crippen LogP contribution in [-0.2, 0) is 15.4 Å². The number of halogens is 3. The fourth-order valence-electron chi connectivity index (χ4n) is 3.89. The van der Waals surface area contributed by atoms with E-state index in [4.69, 9.17) is 31.5 Å². The molecule has 0 saturated carbocycles. The molecule has 1 aliphatic heterocycles. The third kappa shape index (κ3) is 6.04. The number of nitrogens with two attached hydrogens (primary N) is 1. The predicted octanol–water partition coefficient (Wildman–Crippen LogP) is 5.00. The molecule has 8 nitrogen and oxygen atoms in total. The highest BCUT2D eigenvalue weighted by atomic mass is 35.5. The van der Waals surface area contributed by atoms with Gasteiger partial charge in [0, 0.05) is 16.6 Å². The number of anilines is 2. The van der Waals surface area contributed by atoms with Crippen LogP contribution >= 0.6 is 11.6 Å². The van der Waals surface area contributed by atoms with E-state index < -0.39 is 17.6 Å². The van der Waals surface area contributed by atoms with Crippen molar-refractivity contribution in [1.29, 1.82) is 0 Å². The SMILES string of the molecule is Cc1nc(N[C@H](C)c2cc(N)cc(C(F)(F)C(C)(C)O)c2)c2cc(OCCOC3COC3)c(Cl)cc2n1. The Balaban J connectivity index is 1.60. The topological polar surface area (TPSA) is 112 Å². The van der Waals surface area contributed by atoms with E-state index in [-0.39, 0.29) is 17.4 Å². The number of aryl methyl sites for hydroxylation is 1. The maximum absolute atomic E-state index is 14.9. The van der Waals surface area contributed by atoms with Gasteiger partial charge in [-0.15, -0.1) is 0 Å². The minimum absolute atomic E-state index is 0.0975. The lowest BCUT2D eigenvalue weighted by Crippen LogP contribution is -2.40. The first-order valence-electron chi connectivity index (χ1n) is 11.9. The van der Waals surface area contributed by atoms with Gasteiger partial charge in [-0.2, -0.15) is 8.78 Å². The first-order chi connectivity index (χ1) is 17.3. The average Bonchev–Trinajstić information content (AvgIpc) is 2.76. The van der Waals surface area contributed by atoms with Gasteiger partial charge in [0.15, 0.2) is 0 Å². The van der Waals surface area contributed by atoms with E-state index in [1.54, 1.807) is 32.0 Å². The number of aromatic nitrogens is 2. The largest absolute Gasteiger partial charge is 0.490 e. The Morgan fingerprint density at radius 2 is 1.92 bits per heavy atom. The van der Waals surface area contributed by atoms with Crippen molar-refractivity contribution in [3.63, 3.8) is 0 Å². The molecule has 2 heterocycles. The van der Waals surface area contributed by atoms with Gasteiger partial charge in [-0.1, -0.05) is 11.6 Å². The first kappa shape index (κ1) is 27.3. The molecule has 1 fully saturated rings. The number of rotatable bonds is 10. The number of aliphatic hydroxyl groups is 1. The number of fused-ring (bicyclic) bond motifs is 1. The van der Waals surface area contributed by atoms with Gasteiger partial charge in [-0.3, -0.25) is 0 Å². The standard InChI is InChI=1S/C26H31ClF2N4O4/c1-14(16-7-17(9-18(30)8-16)26(28,29)25(3,4)34)31-24-20-10-23(37-6-5-36-19-12-35-13-19)21(27)11-22(20)32-15(2)33-24/h7-11,14,19,34H,5-6,12-13,30H2,1-4H3,(H,31,32,33)/t14-/m1/s1. The number of hydrogen-bond donors (Lipinski definition) is 3. The van der Waals surface area contributed by atoms with Crippen LogP contribution < -0.4 is 15.8 Å². The molecule has 0 aliphatic carbocycles. The lowest BCUT2D eigenvalue weighted by atomic mass is 9.91. The van der Waals surface area contributed by atoms with Crippen molar-refractivity contribution < 1.29 is 28.1 Å². The Morgan fingerprint density at radius 1 is 1.19 bits per heavy atom. The summed E-state index contributed by atoms with van der Waals surface area (Å²) in [5, 5.41) is 14.3. The van der Waals surface area contributed by atoms with E-state index in [0.717, 1.165) is 13.8 Å². The van der Waals surface area contributed by atoms with Gasteiger partial charge in [0.1, 0.15) is 35.7 Å². The molecule has 4 N–H and O–H groups in total. The molecule has 0 bridgehead atoms. The van der Waals surface area contributed by atoms with Crippen LogP contribution in [0.4, 0.5) is 20.3 Å². The fraction of sp³-hybridized carbons (Fsp3) is 0.462. The molecule has 3 aromatic rings. The number of benzene rings is 2. The zero-order chi connectivity index (χ0) is 27.0. The third-order valence-corrected chi connectivity index (χ3v) is 6.42. The van der Waals surface area contributed by atoms with E-state index in [1.165, 1.54) is 12.1 Å². The van der Waals surface area contributed by atoms with Gasteiger partial charge >= 0.3 is 5.92 Å². The number of nitrogens with one attached hydrogen (secondary N) is 1. The summed E-state index contributed by atoms with van der Waals surface area (Å²) in [5.41, 5.74) is 4.59. The van der Waals surface area contributed by atoms with Crippen LogP contribution in [0.1, 0.15) is 43.8 Å². The van der Waals surface area contributed by atoms with Crippen molar-refractivity contribution in [1.82, 2.24) is 9.97 Å². The molecule has 4 rings (SSSR count). The summed E-state index contributed by atoms with van der Waals surface area (Å²) in [6, 6.07) is 7.09. The molecule has 200 valence electrons. The van der Waals surface area contributed by atoms with E-state index in [9.17, 15) is 13.9 Å². The summed E-state index contributed by atoms with van der Waals surface area (Å²) in [5.74, 6) is -2.07. The van der Waals surface area contributed by atoms with E-state index in [2.05, 4.69) is 15.3 Å². The minimum atomic E-state index is -3.51. The Kier molecular flexibility index (Phi) is 7.75. The van der Waals surface area contributed by atoms with Crippen LogP contribution in [0.25, 0.3) is 10.9 Å². The van der Waals surface area contributed by atoms with E-state index >= 15 is 0 Å². The summed E-state index contributed by atoms with van der Waals surface area (Å²) in [4.78, 5) is 9.00. The molecule has 37 heavy (non-hydrogen) atoms. The van der Waals surface area contributed by atoms with Crippen LogP contribution in [0.15, 0.2) is 30.3 Å². The van der Waals surface area contributed by atoms with Crippen LogP contribution in [-0.4, -0.2) is 53.2 Å². The Labute approximate surface area is 219 Å². The number of alkyl halides is 2. The number of nitrogen functional groups attached to an aromatic ring is 1.